The summed E-state index contributed by atoms with van der Waals surface area (Å²) in [6, 6.07) is 16.0. The fourth-order valence-corrected chi connectivity index (χ4v) is 3.94. The summed E-state index contributed by atoms with van der Waals surface area (Å²) in [4.78, 5) is 24.8. The molecule has 0 amide bonds. The number of esters is 1. The predicted octanol–water partition coefficient (Wildman–Crippen LogP) is 4.71. The number of hydrogen-bond donors (Lipinski definition) is 0. The van der Waals surface area contributed by atoms with E-state index in [9.17, 15) is 9.59 Å². The molecule has 0 aliphatic heterocycles. The molecule has 3 aromatic rings. The highest BCUT2D eigenvalue weighted by Gasteiger charge is 2.31. The molecule has 0 N–H and O–H groups in total. The second-order valence-electron chi connectivity index (χ2n) is 9.27. The van der Waals surface area contributed by atoms with E-state index < -0.39 is 5.60 Å². The van der Waals surface area contributed by atoms with E-state index in [1.165, 1.54) is 11.1 Å². The number of unbranched alkanes of at least 4 members (excludes halogenated alkanes) is 1. The van der Waals surface area contributed by atoms with Gasteiger partial charge in [0.15, 0.2) is 5.60 Å². The summed E-state index contributed by atoms with van der Waals surface area (Å²) in [7, 11) is 0. The first-order valence-electron chi connectivity index (χ1n) is 12.4. The molecule has 35 heavy (non-hydrogen) atoms. The van der Waals surface area contributed by atoms with Crippen LogP contribution in [0.5, 0.6) is 5.75 Å². The number of benzene rings is 2. The van der Waals surface area contributed by atoms with Crippen molar-refractivity contribution in [1.29, 1.82) is 0 Å². The van der Waals surface area contributed by atoms with E-state index >= 15 is 0 Å². The molecule has 0 unspecified atom stereocenters. The third-order valence-electron chi connectivity index (χ3n) is 5.95. The Kier molecular flexibility index (Phi) is 8.90. The Balaban J connectivity index is 1.53. The van der Waals surface area contributed by atoms with Gasteiger partial charge in [0.2, 0.25) is 0 Å². The monoisotopic (exact) mass is 479 g/mol. The number of hydrogen-bond acceptors (Lipinski definition) is 5. The molecule has 7 heteroatoms. The Bertz CT molecular complexity index is 1160. The lowest BCUT2D eigenvalue weighted by Crippen LogP contribution is -2.39. The topological polar surface area (TPSA) is 75.3 Å². The normalized spacial score (nSPS) is 11.5. The summed E-state index contributed by atoms with van der Waals surface area (Å²) in [6.45, 7) is 10.7. The van der Waals surface area contributed by atoms with Gasteiger partial charge in [0.25, 0.3) is 0 Å². The quantitative estimate of drug-likeness (QED) is 0.278. The summed E-state index contributed by atoms with van der Waals surface area (Å²) in [5.74, 6) is 1.10. The minimum atomic E-state index is -1.03. The van der Waals surface area contributed by atoms with Gasteiger partial charge in [0, 0.05) is 13.0 Å². The van der Waals surface area contributed by atoms with Crippen molar-refractivity contribution < 1.29 is 14.3 Å². The first kappa shape index (κ1) is 26.3. The first-order chi connectivity index (χ1) is 16.7. The van der Waals surface area contributed by atoms with Gasteiger partial charge >= 0.3 is 11.7 Å². The van der Waals surface area contributed by atoms with Crippen LogP contribution in [-0.2, 0) is 35.5 Å². The van der Waals surface area contributed by atoms with Crippen LogP contribution in [0.2, 0.25) is 0 Å². The maximum atomic E-state index is 12.8. The number of aryl methyl sites for hydroxylation is 3. The van der Waals surface area contributed by atoms with Crippen LogP contribution in [0.4, 0.5) is 0 Å². The molecule has 2 aromatic carbocycles. The number of aromatic nitrogens is 3. The lowest BCUT2D eigenvalue weighted by atomic mass is 10.1. The number of rotatable bonds is 12. The molecule has 1 aromatic heterocycles. The molecular weight excluding hydrogens is 442 g/mol. The number of carbonyl (C=O) groups excluding carboxylic acids is 1. The third kappa shape index (κ3) is 7.07. The lowest BCUT2D eigenvalue weighted by molar-refractivity contribution is -0.158. The predicted molar refractivity (Wildman–Crippen MR) is 137 cm³/mol. The minimum absolute atomic E-state index is 0.0515. The zero-order valence-electron chi connectivity index (χ0n) is 21.5. The molecule has 0 atom stereocenters. The standard InChI is InChI=1S/C28H37N3O4/c1-6-30-25(29-31(27(30)33)20-23-14-12-21(3)13-15-23)11-9-8-10-22-16-18-24(19-17-22)35-28(4,5)26(32)34-7-2/h12-19H,6-11,20H2,1-5H3. The van der Waals surface area contributed by atoms with Gasteiger partial charge in [-0.2, -0.15) is 5.10 Å². The van der Waals surface area contributed by atoms with Crippen LogP contribution in [0.15, 0.2) is 53.3 Å². The molecule has 0 radical (unpaired) electrons. The van der Waals surface area contributed by atoms with Gasteiger partial charge in [-0.15, -0.1) is 0 Å². The maximum Gasteiger partial charge on any atom is 0.349 e. The summed E-state index contributed by atoms with van der Waals surface area (Å²) in [6.07, 6.45) is 3.60. The molecule has 7 nitrogen and oxygen atoms in total. The molecular formula is C28H37N3O4. The lowest BCUT2D eigenvalue weighted by Gasteiger charge is -2.24. The minimum Gasteiger partial charge on any atom is -0.476 e. The van der Waals surface area contributed by atoms with Crippen LogP contribution in [-0.4, -0.2) is 32.5 Å². The number of nitrogens with zero attached hydrogens (tertiary/aromatic N) is 3. The van der Waals surface area contributed by atoms with Crippen molar-refractivity contribution in [3.05, 3.63) is 81.5 Å². The van der Waals surface area contributed by atoms with E-state index in [0.29, 0.717) is 25.4 Å². The van der Waals surface area contributed by atoms with Crippen LogP contribution in [0.25, 0.3) is 0 Å². The van der Waals surface area contributed by atoms with Gasteiger partial charge in [-0.3, -0.25) is 4.57 Å². The Labute approximate surface area is 207 Å². The average Bonchev–Trinajstić information content (AvgIpc) is 3.13. The van der Waals surface area contributed by atoms with E-state index in [1.807, 2.05) is 43.3 Å². The second-order valence-corrected chi connectivity index (χ2v) is 9.27. The fourth-order valence-electron chi connectivity index (χ4n) is 3.94. The van der Waals surface area contributed by atoms with Crippen molar-refractivity contribution in [2.24, 2.45) is 0 Å². The Hall–Kier alpha value is -3.35. The van der Waals surface area contributed by atoms with Crippen LogP contribution in [0, 0.1) is 6.92 Å². The van der Waals surface area contributed by atoms with Crippen LogP contribution >= 0.6 is 0 Å². The number of ether oxygens (including phenoxy) is 2. The molecule has 0 fully saturated rings. The van der Waals surface area contributed by atoms with Gasteiger partial charge in [-0.25, -0.2) is 14.3 Å². The van der Waals surface area contributed by atoms with Crippen LogP contribution < -0.4 is 10.4 Å². The van der Waals surface area contributed by atoms with Crippen LogP contribution in [0.1, 0.15) is 63.1 Å². The summed E-state index contributed by atoms with van der Waals surface area (Å²) < 4.78 is 14.2. The van der Waals surface area contributed by atoms with Gasteiger partial charge in [-0.05, 0) is 77.1 Å². The van der Waals surface area contributed by atoms with Gasteiger partial charge in [0.1, 0.15) is 11.6 Å². The molecule has 0 aliphatic rings. The van der Waals surface area contributed by atoms with E-state index in [1.54, 1.807) is 30.0 Å². The summed E-state index contributed by atoms with van der Waals surface area (Å²) in [5, 5.41) is 4.63. The van der Waals surface area contributed by atoms with Crippen molar-refractivity contribution in [3.8, 4) is 5.75 Å². The zero-order chi connectivity index (χ0) is 25.4. The molecule has 0 bridgehead atoms. The highest BCUT2D eigenvalue weighted by atomic mass is 16.6. The third-order valence-corrected chi connectivity index (χ3v) is 5.95. The highest BCUT2D eigenvalue weighted by molar-refractivity contribution is 5.79. The molecule has 0 saturated carbocycles. The van der Waals surface area contributed by atoms with Gasteiger partial charge in [0.05, 0.1) is 13.2 Å². The summed E-state index contributed by atoms with van der Waals surface area (Å²) in [5.41, 5.74) is 2.38. The van der Waals surface area contributed by atoms with Crippen molar-refractivity contribution in [2.75, 3.05) is 6.61 Å². The summed E-state index contributed by atoms with van der Waals surface area (Å²) >= 11 is 0. The molecule has 0 aliphatic carbocycles. The van der Waals surface area contributed by atoms with Gasteiger partial charge < -0.3 is 9.47 Å². The van der Waals surface area contributed by atoms with Crippen molar-refractivity contribution in [3.63, 3.8) is 0 Å². The van der Waals surface area contributed by atoms with E-state index in [-0.39, 0.29) is 11.7 Å². The molecule has 3 rings (SSSR count). The Morgan fingerprint density at radius 2 is 1.57 bits per heavy atom. The van der Waals surface area contributed by atoms with Crippen molar-refractivity contribution in [2.45, 2.75) is 79.0 Å². The first-order valence-corrected chi connectivity index (χ1v) is 12.4. The second kappa shape index (κ2) is 11.9. The Morgan fingerprint density at radius 3 is 2.20 bits per heavy atom. The zero-order valence-corrected chi connectivity index (χ0v) is 21.5. The van der Waals surface area contributed by atoms with E-state index in [4.69, 9.17) is 9.47 Å². The Morgan fingerprint density at radius 1 is 0.943 bits per heavy atom. The van der Waals surface area contributed by atoms with Crippen molar-refractivity contribution in [1.82, 2.24) is 14.3 Å². The molecule has 1 heterocycles. The fraction of sp³-hybridized carbons (Fsp3) is 0.464. The largest absolute Gasteiger partial charge is 0.476 e. The highest BCUT2D eigenvalue weighted by Crippen LogP contribution is 2.21. The van der Waals surface area contributed by atoms with Crippen LogP contribution in [0.3, 0.4) is 0 Å². The van der Waals surface area contributed by atoms with Crippen molar-refractivity contribution >= 4 is 5.97 Å². The SMILES string of the molecule is CCOC(=O)C(C)(C)Oc1ccc(CCCCc2nn(Cc3ccc(C)cc3)c(=O)n2CC)cc1. The molecule has 0 saturated heterocycles. The van der Waals surface area contributed by atoms with E-state index in [0.717, 1.165) is 37.1 Å². The van der Waals surface area contributed by atoms with E-state index in [2.05, 4.69) is 24.2 Å². The average molecular weight is 480 g/mol. The molecule has 188 valence electrons. The maximum absolute atomic E-state index is 12.8. The van der Waals surface area contributed by atoms with Gasteiger partial charge in [-0.1, -0.05) is 42.0 Å². The smallest absolute Gasteiger partial charge is 0.349 e. The number of carbonyl (C=O) groups is 1. The molecule has 0 spiro atoms.